The minimum absolute atomic E-state index is 0.294. The quantitative estimate of drug-likeness (QED) is 0.473. The highest BCUT2D eigenvalue weighted by molar-refractivity contribution is 8.32. The van der Waals surface area contributed by atoms with Crippen molar-refractivity contribution in [2.75, 3.05) is 37.7 Å². The molecule has 142 valence electrons. The molecule has 0 atom stereocenters. The third-order valence-electron chi connectivity index (χ3n) is 4.40. The van der Waals surface area contributed by atoms with Crippen LogP contribution in [0.1, 0.15) is 24.2 Å². The van der Waals surface area contributed by atoms with E-state index < -0.39 is 10.0 Å². The number of benzene rings is 1. The number of fused-ring (bicyclic) bond motifs is 1. The van der Waals surface area contributed by atoms with Crippen molar-refractivity contribution in [3.05, 3.63) is 23.5 Å². The van der Waals surface area contributed by atoms with Gasteiger partial charge in [-0.1, -0.05) is 0 Å². The maximum absolute atomic E-state index is 9.43. The van der Waals surface area contributed by atoms with E-state index in [1.54, 1.807) is 6.07 Å². The SMILES string of the molecule is CS(C)(C)CCOCn1c(CCl)nc2cc(C#N)c(OCC3CC3)cc21. The van der Waals surface area contributed by atoms with E-state index >= 15 is 0 Å². The van der Waals surface area contributed by atoms with Gasteiger partial charge in [-0.25, -0.2) is 15.0 Å². The molecule has 0 N–H and O–H groups in total. The number of alkyl halides is 1. The van der Waals surface area contributed by atoms with Gasteiger partial charge in [-0.05, 0) is 43.6 Å². The average molecular weight is 396 g/mol. The lowest BCUT2D eigenvalue weighted by Gasteiger charge is -2.24. The molecule has 0 aliphatic heterocycles. The Bertz CT molecular complexity index is 819. The molecule has 0 unspecified atom stereocenters. The summed E-state index contributed by atoms with van der Waals surface area (Å²) in [7, 11) is -0.581. The van der Waals surface area contributed by atoms with Crippen molar-refractivity contribution >= 4 is 32.7 Å². The molecule has 1 aromatic carbocycles. The van der Waals surface area contributed by atoms with E-state index in [4.69, 9.17) is 21.1 Å². The van der Waals surface area contributed by atoms with E-state index in [0.717, 1.165) is 22.6 Å². The van der Waals surface area contributed by atoms with Gasteiger partial charge in [0.05, 0.1) is 35.7 Å². The number of ether oxygens (including phenoxy) is 2. The second kappa shape index (κ2) is 8.08. The van der Waals surface area contributed by atoms with Crippen molar-refractivity contribution in [1.82, 2.24) is 9.55 Å². The molecule has 7 heteroatoms. The van der Waals surface area contributed by atoms with Gasteiger partial charge < -0.3 is 14.0 Å². The van der Waals surface area contributed by atoms with Crippen molar-refractivity contribution in [1.29, 1.82) is 5.26 Å². The number of nitriles is 1. The Morgan fingerprint density at radius 1 is 1.35 bits per heavy atom. The second-order valence-corrected chi connectivity index (χ2v) is 12.5. The van der Waals surface area contributed by atoms with Crippen LogP contribution >= 0.6 is 21.6 Å². The summed E-state index contributed by atoms with van der Waals surface area (Å²) in [4.78, 5) is 4.57. The van der Waals surface area contributed by atoms with E-state index in [9.17, 15) is 5.26 Å². The summed E-state index contributed by atoms with van der Waals surface area (Å²) in [5.74, 6) is 3.34. The van der Waals surface area contributed by atoms with Crippen LogP contribution in [0.4, 0.5) is 0 Å². The van der Waals surface area contributed by atoms with Crippen LogP contribution in [0.25, 0.3) is 11.0 Å². The lowest BCUT2D eigenvalue weighted by Crippen LogP contribution is -2.11. The molecule has 1 aliphatic carbocycles. The summed E-state index contributed by atoms with van der Waals surface area (Å²) < 4.78 is 13.8. The Labute approximate surface area is 161 Å². The second-order valence-electron chi connectivity index (χ2n) is 7.63. The van der Waals surface area contributed by atoms with E-state index in [1.165, 1.54) is 12.8 Å². The maximum atomic E-state index is 9.43. The molecule has 0 bridgehead atoms. The molecule has 1 aliphatic rings. The Morgan fingerprint density at radius 3 is 2.73 bits per heavy atom. The van der Waals surface area contributed by atoms with Gasteiger partial charge in [-0.15, -0.1) is 11.6 Å². The van der Waals surface area contributed by atoms with E-state index in [1.807, 2.05) is 10.6 Å². The molecule has 1 fully saturated rings. The smallest absolute Gasteiger partial charge is 0.139 e. The van der Waals surface area contributed by atoms with Crippen LogP contribution in [-0.4, -0.2) is 47.3 Å². The maximum Gasteiger partial charge on any atom is 0.139 e. The zero-order valence-electron chi connectivity index (χ0n) is 15.6. The lowest BCUT2D eigenvalue weighted by atomic mass is 10.2. The Balaban J connectivity index is 1.83. The number of aromatic nitrogens is 2. The van der Waals surface area contributed by atoms with Gasteiger partial charge in [-0.2, -0.15) is 5.26 Å². The highest BCUT2D eigenvalue weighted by Gasteiger charge is 2.23. The molecule has 1 heterocycles. The van der Waals surface area contributed by atoms with Gasteiger partial charge in [0.1, 0.15) is 24.4 Å². The zero-order valence-corrected chi connectivity index (χ0v) is 17.2. The summed E-state index contributed by atoms with van der Waals surface area (Å²) in [6.07, 6.45) is 9.25. The molecule has 0 amide bonds. The summed E-state index contributed by atoms with van der Waals surface area (Å²) in [5, 5.41) is 9.43. The fourth-order valence-corrected chi connectivity index (χ4v) is 3.43. The molecule has 0 radical (unpaired) electrons. The molecule has 3 rings (SSSR count). The monoisotopic (exact) mass is 395 g/mol. The van der Waals surface area contributed by atoms with Gasteiger partial charge >= 0.3 is 0 Å². The van der Waals surface area contributed by atoms with Crippen LogP contribution in [-0.2, 0) is 17.3 Å². The van der Waals surface area contributed by atoms with E-state index in [2.05, 4.69) is 29.8 Å². The van der Waals surface area contributed by atoms with Gasteiger partial charge in [-0.3, -0.25) is 0 Å². The number of hydrogen-bond acceptors (Lipinski definition) is 4. The molecule has 1 aromatic heterocycles. The van der Waals surface area contributed by atoms with Gasteiger partial charge in [0, 0.05) is 11.8 Å². The van der Waals surface area contributed by atoms with E-state index in [0.29, 0.717) is 43.1 Å². The first-order chi connectivity index (χ1) is 12.4. The number of halogens is 1. The van der Waals surface area contributed by atoms with Crippen LogP contribution in [0.3, 0.4) is 0 Å². The van der Waals surface area contributed by atoms with Crippen molar-refractivity contribution in [2.24, 2.45) is 5.92 Å². The van der Waals surface area contributed by atoms with Crippen molar-refractivity contribution in [3.63, 3.8) is 0 Å². The Hall–Kier alpha value is -1.42. The third-order valence-corrected chi connectivity index (χ3v) is 6.03. The average Bonchev–Trinajstić information content (AvgIpc) is 3.36. The summed E-state index contributed by atoms with van der Waals surface area (Å²) >= 11 is 6.08. The molecule has 2 aromatic rings. The first-order valence-electron chi connectivity index (χ1n) is 8.77. The number of nitrogens with zero attached hydrogens (tertiary/aromatic N) is 3. The topological polar surface area (TPSA) is 60.1 Å². The first-order valence-corrected chi connectivity index (χ1v) is 12.3. The third kappa shape index (κ3) is 4.85. The van der Waals surface area contributed by atoms with Crippen LogP contribution in [0.5, 0.6) is 5.75 Å². The minimum Gasteiger partial charge on any atom is -0.492 e. The normalized spacial score (nSPS) is 15.2. The first kappa shape index (κ1) is 19.3. The summed E-state index contributed by atoms with van der Waals surface area (Å²) in [5.41, 5.74) is 2.16. The van der Waals surface area contributed by atoms with Crippen LogP contribution in [0, 0.1) is 17.2 Å². The van der Waals surface area contributed by atoms with Crippen LogP contribution in [0.15, 0.2) is 12.1 Å². The fourth-order valence-electron chi connectivity index (χ4n) is 2.61. The highest BCUT2D eigenvalue weighted by Crippen LogP contribution is 2.34. The fraction of sp³-hybridized carbons (Fsp3) is 0.579. The Morgan fingerprint density at radius 2 is 2.12 bits per heavy atom. The molecule has 26 heavy (non-hydrogen) atoms. The predicted octanol–water partition coefficient (Wildman–Crippen LogP) is 4.10. The molecular formula is C19H26ClN3O2S. The Kier molecular flexibility index (Phi) is 6.01. The molecule has 1 saturated carbocycles. The molecule has 0 spiro atoms. The number of hydrogen-bond donors (Lipinski definition) is 0. The van der Waals surface area contributed by atoms with Gasteiger partial charge in [0.25, 0.3) is 0 Å². The zero-order chi connectivity index (χ0) is 18.7. The minimum atomic E-state index is -0.581. The lowest BCUT2D eigenvalue weighted by molar-refractivity contribution is 0.0908. The van der Waals surface area contributed by atoms with E-state index in [-0.39, 0.29) is 0 Å². The van der Waals surface area contributed by atoms with Crippen LogP contribution in [0.2, 0.25) is 0 Å². The molecular weight excluding hydrogens is 370 g/mol. The standard InChI is InChI=1S/C19H26ClN3O2S/c1-26(2,3)7-6-24-13-23-17-9-18(25-12-14-4-5-14)15(11-21)8-16(17)22-19(23)10-20/h8-9,14H,4-7,10,12-13H2,1-3H3. The van der Waals surface area contributed by atoms with Crippen LogP contribution < -0.4 is 4.74 Å². The molecule has 0 saturated heterocycles. The van der Waals surface area contributed by atoms with Gasteiger partial charge in [0.15, 0.2) is 0 Å². The molecule has 5 nitrogen and oxygen atoms in total. The summed E-state index contributed by atoms with van der Waals surface area (Å²) in [6, 6.07) is 5.89. The van der Waals surface area contributed by atoms with Crippen molar-refractivity contribution in [2.45, 2.75) is 25.5 Å². The van der Waals surface area contributed by atoms with Crippen molar-refractivity contribution in [3.8, 4) is 11.8 Å². The highest BCUT2D eigenvalue weighted by atomic mass is 35.5. The number of rotatable bonds is 9. The number of imidazole rings is 1. The van der Waals surface area contributed by atoms with Crippen molar-refractivity contribution < 1.29 is 9.47 Å². The van der Waals surface area contributed by atoms with Gasteiger partial charge in [0.2, 0.25) is 0 Å². The largest absolute Gasteiger partial charge is 0.492 e. The predicted molar refractivity (Wildman–Crippen MR) is 108 cm³/mol. The summed E-state index contributed by atoms with van der Waals surface area (Å²) in [6.45, 7) is 1.78.